The van der Waals surface area contributed by atoms with Crippen molar-refractivity contribution in [1.29, 1.82) is 0 Å². The molecule has 5 heteroatoms. The van der Waals surface area contributed by atoms with Gasteiger partial charge < -0.3 is 10.4 Å². The highest BCUT2D eigenvalue weighted by atomic mass is 16.4. The van der Waals surface area contributed by atoms with Crippen molar-refractivity contribution in [2.45, 2.75) is 38.0 Å². The first-order valence-electron chi connectivity index (χ1n) is 9.50. The molecule has 138 valence electrons. The molecule has 2 N–H and O–H groups in total. The van der Waals surface area contributed by atoms with Crippen molar-refractivity contribution in [3.8, 4) is 0 Å². The van der Waals surface area contributed by atoms with Crippen LogP contribution in [0.4, 0.5) is 5.69 Å². The molecule has 0 spiro atoms. The maximum Gasteiger partial charge on any atom is 0.337 e. The molecule has 0 radical (unpaired) electrons. The number of carboxylic acids is 1. The molecule has 2 aliphatic carbocycles. The van der Waals surface area contributed by atoms with Crippen LogP contribution >= 0.6 is 0 Å². The number of nitrogens with zero attached hydrogens (tertiary/aromatic N) is 2. The normalized spacial score (nSPS) is 18.5. The van der Waals surface area contributed by atoms with E-state index in [1.54, 1.807) is 6.20 Å². The summed E-state index contributed by atoms with van der Waals surface area (Å²) in [6, 6.07) is 5.85. The van der Waals surface area contributed by atoms with E-state index in [-0.39, 0.29) is 5.56 Å². The third-order valence-corrected chi connectivity index (χ3v) is 5.30. The topological polar surface area (TPSA) is 75.1 Å². The summed E-state index contributed by atoms with van der Waals surface area (Å²) in [4.78, 5) is 20.4. The molecule has 2 aromatic rings. The second-order valence-corrected chi connectivity index (χ2v) is 7.07. The predicted molar refractivity (Wildman–Crippen MR) is 106 cm³/mol. The minimum atomic E-state index is -0.941. The van der Waals surface area contributed by atoms with Gasteiger partial charge in [0, 0.05) is 24.4 Å². The van der Waals surface area contributed by atoms with Gasteiger partial charge in [-0.15, -0.1) is 0 Å². The molecule has 0 saturated heterocycles. The number of aromatic carboxylic acids is 1. The van der Waals surface area contributed by atoms with E-state index < -0.39 is 5.97 Å². The van der Waals surface area contributed by atoms with Gasteiger partial charge in [-0.25, -0.2) is 4.79 Å². The number of aryl methyl sites for hydroxylation is 1. The Bertz CT molecular complexity index is 918. The fourth-order valence-corrected chi connectivity index (χ4v) is 3.89. The average Bonchev–Trinajstić information content (AvgIpc) is 2.72. The summed E-state index contributed by atoms with van der Waals surface area (Å²) in [7, 11) is 0. The van der Waals surface area contributed by atoms with E-state index in [0.717, 1.165) is 37.8 Å². The Morgan fingerprint density at radius 2 is 2.19 bits per heavy atom. The zero-order valence-electron chi connectivity index (χ0n) is 15.2. The van der Waals surface area contributed by atoms with Crippen LogP contribution in [-0.2, 0) is 6.42 Å². The van der Waals surface area contributed by atoms with E-state index >= 15 is 0 Å². The molecule has 4 rings (SSSR count). The number of carbonyl (C=O) groups is 1. The first-order valence-corrected chi connectivity index (χ1v) is 9.50. The van der Waals surface area contributed by atoms with Crippen molar-refractivity contribution >= 4 is 17.2 Å². The lowest BCUT2D eigenvalue weighted by Gasteiger charge is -2.26. The Balaban J connectivity index is 1.53. The number of hydrogen-bond acceptors (Lipinski definition) is 4. The maximum absolute atomic E-state index is 11.4. The smallest absolute Gasteiger partial charge is 0.337 e. The molecule has 2 heterocycles. The lowest BCUT2D eigenvalue weighted by atomic mass is 9.85. The number of anilines is 1. The molecule has 2 aliphatic rings. The molecule has 0 fully saturated rings. The summed E-state index contributed by atoms with van der Waals surface area (Å²) in [5.74, 6) is -0.614. The number of allylic oxidation sites excluding steroid dienone is 4. The average molecular weight is 361 g/mol. The zero-order chi connectivity index (χ0) is 18.6. The zero-order valence-corrected chi connectivity index (χ0v) is 15.2. The fourth-order valence-electron chi connectivity index (χ4n) is 3.89. The van der Waals surface area contributed by atoms with Crippen molar-refractivity contribution in [2.75, 3.05) is 11.9 Å². The molecule has 0 aliphatic heterocycles. The Kier molecular flexibility index (Phi) is 5.01. The number of fused-ring (bicyclic) bond motifs is 1. The van der Waals surface area contributed by atoms with Gasteiger partial charge in [0.15, 0.2) is 0 Å². The largest absolute Gasteiger partial charge is 0.478 e. The summed E-state index contributed by atoms with van der Waals surface area (Å²) >= 11 is 0. The highest BCUT2D eigenvalue weighted by Crippen LogP contribution is 2.32. The first-order chi connectivity index (χ1) is 13.2. The van der Waals surface area contributed by atoms with E-state index in [1.807, 2.05) is 0 Å². The van der Waals surface area contributed by atoms with Crippen LogP contribution in [0.15, 0.2) is 48.8 Å². The third-order valence-electron chi connectivity index (χ3n) is 5.30. The van der Waals surface area contributed by atoms with Gasteiger partial charge in [0.05, 0.1) is 23.1 Å². The van der Waals surface area contributed by atoms with Crippen molar-refractivity contribution in [2.24, 2.45) is 0 Å². The summed E-state index contributed by atoms with van der Waals surface area (Å²) in [5.41, 5.74) is 5.54. The van der Waals surface area contributed by atoms with Crippen molar-refractivity contribution in [3.05, 3.63) is 71.3 Å². The minimum absolute atomic E-state index is 0.255. The summed E-state index contributed by atoms with van der Waals surface area (Å²) in [6.07, 6.45) is 15.1. The van der Waals surface area contributed by atoms with Crippen molar-refractivity contribution in [3.63, 3.8) is 0 Å². The molecule has 0 saturated carbocycles. The number of pyridine rings is 2. The van der Waals surface area contributed by atoms with Crippen molar-refractivity contribution < 1.29 is 9.90 Å². The molecule has 5 nitrogen and oxygen atoms in total. The van der Waals surface area contributed by atoms with Crippen LogP contribution in [0, 0.1) is 0 Å². The fraction of sp³-hybridized carbons (Fsp3) is 0.318. The summed E-state index contributed by atoms with van der Waals surface area (Å²) < 4.78 is 0. The molecule has 1 unspecified atom stereocenters. The van der Waals surface area contributed by atoms with Gasteiger partial charge in [-0.05, 0) is 55.4 Å². The lowest BCUT2D eigenvalue weighted by molar-refractivity contribution is 0.0698. The number of hydrogen-bond donors (Lipinski definition) is 2. The summed E-state index contributed by atoms with van der Waals surface area (Å²) in [6.45, 7) is 0.683. The second kappa shape index (κ2) is 7.74. The SMILES string of the molecule is O=C(O)c1ccncc1NCC1CCCc2nc(C3=CCCC=C3)ccc21. The maximum atomic E-state index is 11.4. The quantitative estimate of drug-likeness (QED) is 0.823. The number of carboxylic acid groups (broad SMARTS) is 1. The van der Waals surface area contributed by atoms with Crippen LogP contribution in [0.1, 0.15) is 58.9 Å². The van der Waals surface area contributed by atoms with Gasteiger partial charge in [0.1, 0.15) is 0 Å². The Morgan fingerprint density at radius 1 is 1.26 bits per heavy atom. The van der Waals surface area contributed by atoms with Crippen molar-refractivity contribution in [1.82, 2.24) is 9.97 Å². The molecule has 1 atom stereocenters. The van der Waals surface area contributed by atoms with Crippen LogP contribution in [-0.4, -0.2) is 27.6 Å². The van der Waals surface area contributed by atoms with Crippen LogP contribution in [0.2, 0.25) is 0 Å². The van der Waals surface area contributed by atoms with Gasteiger partial charge in [-0.1, -0.05) is 24.3 Å². The molecule has 2 aromatic heterocycles. The second-order valence-electron chi connectivity index (χ2n) is 7.07. The van der Waals surface area contributed by atoms with E-state index in [4.69, 9.17) is 4.98 Å². The number of rotatable bonds is 5. The Hall–Kier alpha value is -2.95. The van der Waals surface area contributed by atoms with E-state index in [1.165, 1.54) is 29.1 Å². The monoisotopic (exact) mass is 361 g/mol. The first kappa shape index (κ1) is 17.5. The molecule has 0 amide bonds. The lowest BCUT2D eigenvalue weighted by Crippen LogP contribution is -2.20. The van der Waals surface area contributed by atoms with E-state index in [9.17, 15) is 9.90 Å². The predicted octanol–water partition coefficient (Wildman–Crippen LogP) is 4.44. The highest BCUT2D eigenvalue weighted by Gasteiger charge is 2.22. The number of nitrogens with one attached hydrogen (secondary N) is 1. The molecular formula is C22H23N3O2. The van der Waals surface area contributed by atoms with Gasteiger partial charge in [0.25, 0.3) is 0 Å². The molecular weight excluding hydrogens is 338 g/mol. The van der Waals surface area contributed by atoms with Gasteiger partial charge in [-0.3, -0.25) is 9.97 Å². The summed E-state index contributed by atoms with van der Waals surface area (Å²) in [5, 5.41) is 12.6. The third kappa shape index (κ3) is 3.77. The van der Waals surface area contributed by atoms with E-state index in [2.05, 4.69) is 40.7 Å². The van der Waals surface area contributed by atoms with Gasteiger partial charge in [-0.2, -0.15) is 0 Å². The van der Waals surface area contributed by atoms with Crippen LogP contribution in [0.3, 0.4) is 0 Å². The van der Waals surface area contributed by atoms with Crippen LogP contribution in [0.5, 0.6) is 0 Å². The Labute approximate surface area is 158 Å². The molecule has 0 bridgehead atoms. The standard InChI is InChI=1S/C22H23N3O2/c26-22(27)18-11-12-23-14-21(18)24-13-16-7-4-8-20-17(16)9-10-19(25-20)15-5-2-1-3-6-15/h2,5-6,9-12,14,16,24H,1,3-4,7-8,13H2,(H,26,27). The van der Waals surface area contributed by atoms with Gasteiger partial charge >= 0.3 is 5.97 Å². The Morgan fingerprint density at radius 3 is 3.00 bits per heavy atom. The number of aromatic nitrogens is 2. The minimum Gasteiger partial charge on any atom is -0.478 e. The van der Waals surface area contributed by atoms with E-state index in [0.29, 0.717) is 18.2 Å². The van der Waals surface area contributed by atoms with Crippen LogP contribution in [0.25, 0.3) is 5.57 Å². The van der Waals surface area contributed by atoms with Gasteiger partial charge in [0.2, 0.25) is 0 Å². The highest BCUT2D eigenvalue weighted by molar-refractivity contribution is 5.93. The molecule has 27 heavy (non-hydrogen) atoms. The molecule has 0 aromatic carbocycles. The van der Waals surface area contributed by atoms with Crippen LogP contribution < -0.4 is 5.32 Å².